The van der Waals surface area contributed by atoms with Crippen LogP contribution in [0.15, 0.2) is 71.7 Å². The predicted molar refractivity (Wildman–Crippen MR) is 102 cm³/mol. The Morgan fingerprint density at radius 1 is 1.04 bits per heavy atom. The minimum atomic E-state index is -0.290. The summed E-state index contributed by atoms with van der Waals surface area (Å²) in [4.78, 5) is 4.40. The van der Waals surface area contributed by atoms with Crippen molar-refractivity contribution in [3.05, 3.63) is 88.7 Å². The molecule has 3 nitrogen and oxygen atoms in total. The molecule has 0 spiro atoms. The zero-order valence-electron chi connectivity index (χ0n) is 14.2. The van der Waals surface area contributed by atoms with Gasteiger partial charge in [0.2, 0.25) is 0 Å². The highest BCUT2D eigenvalue weighted by Gasteiger charge is 2.04. The largest absolute Gasteiger partial charge is 0.497 e. The standard InChI is InChI=1S/C21H17ClFNO2/c1-25-19-8-6-18(7-9-19)24-13-15-5-10-21(20(22)12-15)26-14-16-3-2-4-17(23)11-16/h2-13H,14H2,1H3. The Kier molecular flexibility index (Phi) is 5.87. The Morgan fingerprint density at radius 3 is 2.54 bits per heavy atom. The molecular weight excluding hydrogens is 353 g/mol. The van der Waals surface area contributed by atoms with Crippen molar-refractivity contribution in [2.45, 2.75) is 6.61 Å². The van der Waals surface area contributed by atoms with E-state index in [4.69, 9.17) is 21.1 Å². The second-order valence-electron chi connectivity index (χ2n) is 5.56. The first-order chi connectivity index (χ1) is 12.6. The van der Waals surface area contributed by atoms with Crippen LogP contribution in [0.5, 0.6) is 11.5 Å². The van der Waals surface area contributed by atoms with Gasteiger partial charge in [-0.25, -0.2) is 4.39 Å². The summed E-state index contributed by atoms with van der Waals surface area (Å²) in [5.41, 5.74) is 2.41. The van der Waals surface area contributed by atoms with Gasteiger partial charge in [-0.05, 0) is 65.7 Å². The van der Waals surface area contributed by atoms with Crippen LogP contribution in [-0.4, -0.2) is 13.3 Å². The molecule has 0 saturated carbocycles. The SMILES string of the molecule is COc1ccc(N=Cc2ccc(OCc3cccc(F)c3)c(Cl)c2)cc1. The van der Waals surface area contributed by atoms with Gasteiger partial charge in [0.15, 0.2) is 0 Å². The zero-order chi connectivity index (χ0) is 18.4. The second-order valence-corrected chi connectivity index (χ2v) is 5.97. The molecule has 0 aliphatic heterocycles. The summed E-state index contributed by atoms with van der Waals surface area (Å²) >= 11 is 6.27. The molecule has 3 aromatic rings. The number of halogens is 2. The molecule has 0 atom stereocenters. The molecular formula is C21H17ClFNO2. The number of nitrogens with zero attached hydrogens (tertiary/aromatic N) is 1. The quantitative estimate of drug-likeness (QED) is 0.513. The van der Waals surface area contributed by atoms with Crippen LogP contribution in [0.25, 0.3) is 0 Å². The van der Waals surface area contributed by atoms with Gasteiger partial charge in [0, 0.05) is 6.21 Å². The summed E-state index contributed by atoms with van der Waals surface area (Å²) in [6, 6.07) is 19.1. The fourth-order valence-electron chi connectivity index (χ4n) is 2.32. The van der Waals surface area contributed by atoms with Gasteiger partial charge in [-0.15, -0.1) is 0 Å². The Morgan fingerprint density at radius 2 is 1.85 bits per heavy atom. The molecule has 3 aromatic carbocycles. The van der Waals surface area contributed by atoms with E-state index in [9.17, 15) is 4.39 Å². The van der Waals surface area contributed by atoms with E-state index in [1.54, 1.807) is 37.6 Å². The van der Waals surface area contributed by atoms with Gasteiger partial charge in [-0.1, -0.05) is 23.7 Å². The van der Waals surface area contributed by atoms with Crippen LogP contribution in [0.1, 0.15) is 11.1 Å². The lowest BCUT2D eigenvalue weighted by Crippen LogP contribution is -1.97. The Balaban J connectivity index is 1.65. The van der Waals surface area contributed by atoms with Crippen molar-refractivity contribution in [2.75, 3.05) is 7.11 Å². The van der Waals surface area contributed by atoms with Gasteiger partial charge in [0.25, 0.3) is 0 Å². The summed E-state index contributed by atoms with van der Waals surface area (Å²) in [6.07, 6.45) is 1.73. The smallest absolute Gasteiger partial charge is 0.138 e. The molecule has 0 fully saturated rings. The van der Waals surface area contributed by atoms with Gasteiger partial charge in [0.05, 0.1) is 17.8 Å². The minimum Gasteiger partial charge on any atom is -0.497 e. The lowest BCUT2D eigenvalue weighted by atomic mass is 10.2. The molecule has 26 heavy (non-hydrogen) atoms. The maximum atomic E-state index is 13.2. The lowest BCUT2D eigenvalue weighted by Gasteiger charge is -2.08. The van der Waals surface area contributed by atoms with E-state index in [2.05, 4.69) is 4.99 Å². The fraction of sp³-hybridized carbons (Fsp3) is 0.0952. The number of hydrogen-bond donors (Lipinski definition) is 0. The van der Waals surface area contributed by atoms with Crippen LogP contribution in [0.2, 0.25) is 5.02 Å². The number of hydrogen-bond acceptors (Lipinski definition) is 3. The molecule has 0 aliphatic rings. The number of rotatable bonds is 6. The summed E-state index contributed by atoms with van der Waals surface area (Å²) < 4.78 is 24.0. The van der Waals surface area contributed by atoms with Gasteiger partial charge in [-0.3, -0.25) is 4.99 Å². The van der Waals surface area contributed by atoms with E-state index in [-0.39, 0.29) is 12.4 Å². The molecule has 5 heteroatoms. The zero-order valence-corrected chi connectivity index (χ0v) is 14.9. The third kappa shape index (κ3) is 4.83. The first-order valence-corrected chi connectivity index (χ1v) is 8.37. The second kappa shape index (κ2) is 8.50. The van der Waals surface area contributed by atoms with E-state index in [1.165, 1.54) is 12.1 Å². The van der Waals surface area contributed by atoms with Crippen molar-refractivity contribution < 1.29 is 13.9 Å². The summed E-state index contributed by atoms with van der Waals surface area (Å²) in [5, 5.41) is 0.472. The van der Waals surface area contributed by atoms with Crippen LogP contribution in [0, 0.1) is 5.82 Å². The molecule has 3 rings (SSSR count). The van der Waals surface area contributed by atoms with Crippen LogP contribution < -0.4 is 9.47 Å². The van der Waals surface area contributed by atoms with Gasteiger partial charge >= 0.3 is 0 Å². The Labute approximate surface area is 156 Å². The molecule has 0 radical (unpaired) electrons. The Bertz CT molecular complexity index is 910. The third-order valence-corrected chi connectivity index (χ3v) is 3.97. The fourth-order valence-corrected chi connectivity index (χ4v) is 2.56. The molecule has 0 aromatic heterocycles. The number of ether oxygens (including phenoxy) is 2. The van der Waals surface area contributed by atoms with E-state index >= 15 is 0 Å². The van der Waals surface area contributed by atoms with Gasteiger partial charge in [-0.2, -0.15) is 0 Å². The van der Waals surface area contributed by atoms with E-state index in [0.29, 0.717) is 10.8 Å². The highest BCUT2D eigenvalue weighted by atomic mass is 35.5. The normalized spacial score (nSPS) is 10.9. The van der Waals surface area contributed by atoms with Crippen LogP contribution in [-0.2, 0) is 6.61 Å². The summed E-state index contributed by atoms with van der Waals surface area (Å²) in [6.45, 7) is 0.247. The van der Waals surface area contributed by atoms with Crippen LogP contribution in [0.4, 0.5) is 10.1 Å². The number of aliphatic imine (C=N–C) groups is 1. The average molecular weight is 370 g/mol. The molecule has 132 valence electrons. The molecule has 0 aliphatic carbocycles. The summed E-state index contributed by atoms with van der Waals surface area (Å²) in [7, 11) is 1.62. The van der Waals surface area contributed by atoms with Crippen molar-refractivity contribution in [2.24, 2.45) is 4.99 Å². The Hall–Kier alpha value is -2.85. The maximum absolute atomic E-state index is 13.2. The average Bonchev–Trinajstić information content (AvgIpc) is 2.66. The number of methoxy groups -OCH3 is 1. The molecule has 0 N–H and O–H groups in total. The van der Waals surface area contributed by atoms with Crippen molar-refractivity contribution in [3.8, 4) is 11.5 Å². The van der Waals surface area contributed by atoms with E-state index in [1.807, 2.05) is 30.3 Å². The van der Waals surface area contributed by atoms with Crippen molar-refractivity contribution in [1.29, 1.82) is 0 Å². The molecule has 0 amide bonds. The molecule has 0 saturated heterocycles. The number of benzene rings is 3. The minimum absolute atomic E-state index is 0.247. The predicted octanol–water partition coefficient (Wildman–Crippen LogP) is 5.82. The highest BCUT2D eigenvalue weighted by molar-refractivity contribution is 6.32. The maximum Gasteiger partial charge on any atom is 0.138 e. The molecule has 0 unspecified atom stereocenters. The highest BCUT2D eigenvalue weighted by Crippen LogP contribution is 2.26. The van der Waals surface area contributed by atoms with Crippen molar-refractivity contribution in [1.82, 2.24) is 0 Å². The molecule has 0 heterocycles. The lowest BCUT2D eigenvalue weighted by molar-refractivity contribution is 0.306. The monoisotopic (exact) mass is 369 g/mol. The van der Waals surface area contributed by atoms with Gasteiger partial charge < -0.3 is 9.47 Å². The van der Waals surface area contributed by atoms with E-state index in [0.717, 1.165) is 22.6 Å². The molecule has 0 bridgehead atoms. The van der Waals surface area contributed by atoms with Crippen molar-refractivity contribution in [3.63, 3.8) is 0 Å². The first kappa shape index (κ1) is 18.0. The van der Waals surface area contributed by atoms with Crippen LogP contribution in [0.3, 0.4) is 0 Å². The van der Waals surface area contributed by atoms with Gasteiger partial charge in [0.1, 0.15) is 23.9 Å². The van der Waals surface area contributed by atoms with Crippen molar-refractivity contribution >= 4 is 23.5 Å². The third-order valence-electron chi connectivity index (χ3n) is 3.67. The van der Waals surface area contributed by atoms with Crippen LogP contribution >= 0.6 is 11.6 Å². The topological polar surface area (TPSA) is 30.8 Å². The summed E-state index contributed by atoms with van der Waals surface area (Å²) in [5.74, 6) is 1.03. The first-order valence-electron chi connectivity index (χ1n) is 7.99. The van der Waals surface area contributed by atoms with E-state index < -0.39 is 0 Å².